The number of rotatable bonds is 7. The quantitative estimate of drug-likeness (QED) is 0.452. The normalized spacial score (nSPS) is 11.2. The topological polar surface area (TPSA) is 50.7 Å². The molecule has 0 spiro atoms. The molecule has 0 aromatic heterocycles. The lowest BCUT2D eigenvalue weighted by Crippen LogP contribution is -2.21. The Hall–Kier alpha value is -1.98. The van der Waals surface area contributed by atoms with Crippen LogP contribution < -0.4 is 10.2 Å². The van der Waals surface area contributed by atoms with Gasteiger partial charge in [-0.15, -0.1) is 11.8 Å². The molecule has 0 unspecified atom stereocenters. The summed E-state index contributed by atoms with van der Waals surface area (Å²) in [7, 11) is 0. The number of carbonyl (C=O) groups excluding carboxylic acids is 1. The van der Waals surface area contributed by atoms with Crippen molar-refractivity contribution in [3.8, 4) is 5.75 Å². The Morgan fingerprint density at radius 3 is 2.46 bits per heavy atom. The third kappa shape index (κ3) is 5.91. The summed E-state index contributed by atoms with van der Waals surface area (Å²) in [6, 6.07) is 15.0. The number of amides is 1. The van der Waals surface area contributed by atoms with E-state index in [1.807, 2.05) is 50.2 Å². The van der Waals surface area contributed by atoms with Crippen molar-refractivity contribution in [3.05, 3.63) is 59.1 Å². The summed E-state index contributed by atoms with van der Waals surface area (Å²) in [4.78, 5) is 12.9. The summed E-state index contributed by atoms with van der Waals surface area (Å²) in [6.07, 6.45) is 0. The number of nitrogens with zero attached hydrogens (tertiary/aromatic N) is 1. The molecule has 0 saturated carbocycles. The van der Waals surface area contributed by atoms with E-state index in [4.69, 9.17) is 16.3 Å². The van der Waals surface area contributed by atoms with Crippen molar-refractivity contribution < 1.29 is 9.53 Å². The van der Waals surface area contributed by atoms with Gasteiger partial charge in [0.05, 0.1) is 18.1 Å². The van der Waals surface area contributed by atoms with Gasteiger partial charge in [-0.3, -0.25) is 4.79 Å². The average molecular weight is 363 g/mol. The molecule has 2 rings (SSSR count). The van der Waals surface area contributed by atoms with Crippen LogP contribution in [-0.4, -0.2) is 24.0 Å². The summed E-state index contributed by atoms with van der Waals surface area (Å²) in [5.41, 5.74) is 4.25. The van der Waals surface area contributed by atoms with Crippen LogP contribution in [-0.2, 0) is 4.79 Å². The van der Waals surface area contributed by atoms with Gasteiger partial charge in [0.15, 0.2) is 0 Å². The molecule has 24 heavy (non-hydrogen) atoms. The predicted molar refractivity (Wildman–Crippen MR) is 100 cm³/mol. The summed E-state index contributed by atoms with van der Waals surface area (Å²) in [5.74, 6) is 0.958. The maximum Gasteiger partial charge on any atom is 0.250 e. The van der Waals surface area contributed by atoms with Gasteiger partial charge < -0.3 is 4.74 Å². The molecule has 0 aliphatic heterocycles. The maximum atomic E-state index is 11.9. The number of halogens is 1. The standard InChI is InChI=1S/C18H19ClN2O2S/c1-3-23-16-8-4-14(5-9-16)13(2)20-21-18(22)12-24-17-10-6-15(19)7-11-17/h4-11H,3,12H2,1-2H3,(H,21,22)/b20-13+. The molecule has 0 aliphatic carbocycles. The number of carbonyl (C=O) groups is 1. The Balaban J connectivity index is 1.84. The lowest BCUT2D eigenvalue weighted by atomic mass is 10.1. The first-order valence-corrected chi connectivity index (χ1v) is 8.89. The van der Waals surface area contributed by atoms with Crippen LogP contribution in [0, 0.1) is 0 Å². The van der Waals surface area contributed by atoms with Crippen molar-refractivity contribution in [3.63, 3.8) is 0 Å². The number of ether oxygens (including phenoxy) is 1. The molecule has 2 aromatic carbocycles. The Morgan fingerprint density at radius 1 is 1.17 bits per heavy atom. The molecule has 1 amide bonds. The van der Waals surface area contributed by atoms with Crippen LogP contribution in [0.4, 0.5) is 0 Å². The second-order valence-electron chi connectivity index (χ2n) is 4.93. The molecule has 1 N–H and O–H groups in total. The minimum atomic E-state index is -0.153. The Bertz CT molecular complexity index is 700. The van der Waals surface area contributed by atoms with Gasteiger partial charge in [0.25, 0.3) is 0 Å². The lowest BCUT2D eigenvalue weighted by molar-refractivity contribution is -0.118. The van der Waals surface area contributed by atoms with Crippen molar-refractivity contribution in [1.82, 2.24) is 5.43 Å². The van der Waals surface area contributed by atoms with E-state index in [2.05, 4.69) is 10.5 Å². The van der Waals surface area contributed by atoms with Crippen LogP contribution in [0.15, 0.2) is 58.5 Å². The van der Waals surface area contributed by atoms with E-state index in [-0.39, 0.29) is 5.91 Å². The molecule has 0 bridgehead atoms. The van der Waals surface area contributed by atoms with E-state index in [0.717, 1.165) is 21.9 Å². The second-order valence-corrected chi connectivity index (χ2v) is 6.42. The SMILES string of the molecule is CCOc1ccc(/C(C)=N/NC(=O)CSc2ccc(Cl)cc2)cc1. The fraction of sp³-hybridized carbons (Fsp3) is 0.222. The lowest BCUT2D eigenvalue weighted by Gasteiger charge is -2.05. The summed E-state index contributed by atoms with van der Waals surface area (Å²) in [6.45, 7) is 4.42. The van der Waals surface area contributed by atoms with Gasteiger partial charge in [-0.2, -0.15) is 5.10 Å². The monoisotopic (exact) mass is 362 g/mol. The van der Waals surface area contributed by atoms with Crippen LogP contribution >= 0.6 is 23.4 Å². The third-order valence-corrected chi connectivity index (χ3v) is 4.38. The van der Waals surface area contributed by atoms with Crippen LogP contribution in [0.5, 0.6) is 5.75 Å². The molecule has 0 fully saturated rings. The largest absolute Gasteiger partial charge is 0.494 e. The molecular weight excluding hydrogens is 344 g/mol. The van der Waals surface area contributed by atoms with Crippen molar-refractivity contribution in [2.45, 2.75) is 18.7 Å². The van der Waals surface area contributed by atoms with Gasteiger partial charge in [0, 0.05) is 9.92 Å². The van der Waals surface area contributed by atoms with Crippen molar-refractivity contribution >= 4 is 35.0 Å². The minimum absolute atomic E-state index is 0.153. The highest BCUT2D eigenvalue weighted by Gasteiger charge is 2.03. The fourth-order valence-corrected chi connectivity index (χ4v) is 2.70. The zero-order valence-corrected chi connectivity index (χ0v) is 15.2. The van der Waals surface area contributed by atoms with Crippen LogP contribution in [0.3, 0.4) is 0 Å². The molecule has 2 aromatic rings. The van der Waals surface area contributed by atoms with E-state index < -0.39 is 0 Å². The molecule has 126 valence electrons. The molecule has 0 atom stereocenters. The maximum absolute atomic E-state index is 11.9. The molecule has 6 heteroatoms. The molecule has 0 radical (unpaired) electrons. The van der Waals surface area contributed by atoms with E-state index >= 15 is 0 Å². The summed E-state index contributed by atoms with van der Waals surface area (Å²) >= 11 is 7.27. The number of hydrogen-bond acceptors (Lipinski definition) is 4. The third-order valence-electron chi connectivity index (χ3n) is 3.11. The molecule has 4 nitrogen and oxygen atoms in total. The van der Waals surface area contributed by atoms with Crippen molar-refractivity contribution in [2.24, 2.45) is 5.10 Å². The van der Waals surface area contributed by atoms with E-state index in [9.17, 15) is 4.79 Å². The number of hydrazone groups is 1. The number of nitrogens with one attached hydrogen (secondary N) is 1. The zero-order valence-electron chi connectivity index (χ0n) is 13.6. The molecule has 0 saturated heterocycles. The van der Waals surface area contributed by atoms with Crippen molar-refractivity contribution in [2.75, 3.05) is 12.4 Å². The Kier molecular flexibility index (Phi) is 7.15. The Morgan fingerprint density at radius 2 is 1.83 bits per heavy atom. The molecular formula is C18H19ClN2O2S. The van der Waals surface area contributed by atoms with Gasteiger partial charge >= 0.3 is 0 Å². The van der Waals surface area contributed by atoms with E-state index in [1.165, 1.54) is 11.8 Å². The number of benzene rings is 2. The Labute approximate surface area is 151 Å². The molecule has 0 aliphatic rings. The highest BCUT2D eigenvalue weighted by molar-refractivity contribution is 8.00. The zero-order chi connectivity index (χ0) is 17.4. The van der Waals surface area contributed by atoms with E-state index in [0.29, 0.717) is 17.4 Å². The van der Waals surface area contributed by atoms with Gasteiger partial charge in [-0.05, 0) is 67.9 Å². The first-order valence-electron chi connectivity index (χ1n) is 7.53. The number of hydrogen-bond donors (Lipinski definition) is 1. The van der Waals surface area contributed by atoms with Gasteiger partial charge in [-0.1, -0.05) is 11.6 Å². The minimum Gasteiger partial charge on any atom is -0.494 e. The fourth-order valence-electron chi connectivity index (χ4n) is 1.88. The van der Waals surface area contributed by atoms with Crippen LogP contribution in [0.1, 0.15) is 19.4 Å². The van der Waals surface area contributed by atoms with Gasteiger partial charge in [0.1, 0.15) is 5.75 Å². The average Bonchev–Trinajstić information content (AvgIpc) is 2.60. The first kappa shape index (κ1) is 18.4. The molecule has 0 heterocycles. The highest BCUT2D eigenvalue weighted by Crippen LogP contribution is 2.20. The second kappa shape index (κ2) is 9.35. The smallest absolute Gasteiger partial charge is 0.250 e. The summed E-state index contributed by atoms with van der Waals surface area (Å²) in [5, 5.41) is 4.82. The van der Waals surface area contributed by atoms with Crippen LogP contribution in [0.2, 0.25) is 5.02 Å². The highest BCUT2D eigenvalue weighted by atomic mass is 35.5. The number of thioether (sulfide) groups is 1. The van der Waals surface area contributed by atoms with Gasteiger partial charge in [-0.25, -0.2) is 5.43 Å². The van der Waals surface area contributed by atoms with E-state index in [1.54, 1.807) is 12.1 Å². The first-order chi connectivity index (χ1) is 11.6. The van der Waals surface area contributed by atoms with Crippen LogP contribution in [0.25, 0.3) is 0 Å². The van der Waals surface area contributed by atoms with Gasteiger partial charge in [0.2, 0.25) is 5.91 Å². The van der Waals surface area contributed by atoms with Crippen molar-refractivity contribution in [1.29, 1.82) is 0 Å². The predicted octanol–water partition coefficient (Wildman–Crippen LogP) is 4.37. The summed E-state index contributed by atoms with van der Waals surface area (Å²) < 4.78 is 5.40.